The van der Waals surface area contributed by atoms with Crippen LogP contribution in [0.4, 0.5) is 10.5 Å². The first-order chi connectivity index (χ1) is 15.4. The van der Waals surface area contributed by atoms with Gasteiger partial charge in [-0.3, -0.25) is 19.3 Å². The number of benzene rings is 1. The molecule has 0 bridgehead atoms. The Balaban J connectivity index is 1.54. The summed E-state index contributed by atoms with van der Waals surface area (Å²) >= 11 is 0. The molecular formula is C21H28N4O7S. The number of amides is 4. The van der Waals surface area contributed by atoms with Crippen molar-refractivity contribution in [1.82, 2.24) is 10.2 Å². The molecule has 2 fully saturated rings. The summed E-state index contributed by atoms with van der Waals surface area (Å²) in [6, 6.07) is 4.49. The van der Waals surface area contributed by atoms with Crippen LogP contribution in [-0.4, -0.2) is 55.3 Å². The van der Waals surface area contributed by atoms with E-state index in [0.29, 0.717) is 18.8 Å². The molecule has 1 unspecified atom stereocenters. The number of primary sulfonamides is 1. The summed E-state index contributed by atoms with van der Waals surface area (Å²) in [6.07, 6.45) is 2.52. The second kappa shape index (κ2) is 9.48. The van der Waals surface area contributed by atoms with Gasteiger partial charge in [0.2, 0.25) is 10.0 Å². The van der Waals surface area contributed by atoms with E-state index in [0.717, 1.165) is 24.2 Å². The van der Waals surface area contributed by atoms with Gasteiger partial charge in [0.25, 0.3) is 11.8 Å². The maximum absolute atomic E-state index is 12.9. The molecule has 1 saturated heterocycles. The number of nitrogens with two attached hydrogens (primary N) is 1. The SMILES string of the molecule is CCC1CCC2(CC1)NC(=O)N(CC(=O)OC(C)C(=O)Nc1ccc(S(N)(=O)=O)cc1)C2=O. The van der Waals surface area contributed by atoms with Gasteiger partial charge in [-0.1, -0.05) is 13.3 Å². The summed E-state index contributed by atoms with van der Waals surface area (Å²) in [4.78, 5) is 50.6. The number of ether oxygens (including phenoxy) is 1. The highest BCUT2D eigenvalue weighted by Crippen LogP contribution is 2.37. The number of hydrogen-bond donors (Lipinski definition) is 3. The number of nitrogens with one attached hydrogen (secondary N) is 2. The van der Waals surface area contributed by atoms with Crippen molar-refractivity contribution in [1.29, 1.82) is 0 Å². The third-order valence-electron chi connectivity index (χ3n) is 6.20. The molecule has 4 amide bonds. The maximum atomic E-state index is 12.9. The lowest BCUT2D eigenvalue weighted by atomic mass is 9.75. The summed E-state index contributed by atoms with van der Waals surface area (Å²) < 4.78 is 27.7. The van der Waals surface area contributed by atoms with Crippen molar-refractivity contribution in [2.24, 2.45) is 11.1 Å². The Morgan fingerprint density at radius 1 is 1.24 bits per heavy atom. The highest BCUT2D eigenvalue weighted by molar-refractivity contribution is 7.89. The number of carbonyl (C=O) groups is 4. The minimum Gasteiger partial charge on any atom is -0.451 e. The molecule has 2 aliphatic rings. The van der Waals surface area contributed by atoms with E-state index in [2.05, 4.69) is 17.6 Å². The molecule has 4 N–H and O–H groups in total. The molecule has 1 aromatic rings. The van der Waals surface area contributed by atoms with Crippen molar-refractivity contribution < 1.29 is 32.3 Å². The molecule has 33 heavy (non-hydrogen) atoms. The van der Waals surface area contributed by atoms with Crippen LogP contribution >= 0.6 is 0 Å². The van der Waals surface area contributed by atoms with Gasteiger partial charge >= 0.3 is 12.0 Å². The summed E-state index contributed by atoms with van der Waals surface area (Å²) in [7, 11) is -3.86. The lowest BCUT2D eigenvalue weighted by Crippen LogP contribution is -2.49. The maximum Gasteiger partial charge on any atom is 0.327 e. The third-order valence-corrected chi connectivity index (χ3v) is 7.13. The first-order valence-electron chi connectivity index (χ1n) is 10.7. The van der Waals surface area contributed by atoms with E-state index >= 15 is 0 Å². The van der Waals surface area contributed by atoms with Crippen LogP contribution in [0.15, 0.2) is 29.2 Å². The molecule has 11 nitrogen and oxygen atoms in total. The van der Waals surface area contributed by atoms with Crippen molar-refractivity contribution in [2.45, 2.75) is 62.5 Å². The Hall–Kier alpha value is -2.99. The van der Waals surface area contributed by atoms with Crippen molar-refractivity contribution in [3.63, 3.8) is 0 Å². The van der Waals surface area contributed by atoms with Crippen LogP contribution < -0.4 is 15.8 Å². The highest BCUT2D eigenvalue weighted by Gasteiger charge is 2.52. The van der Waals surface area contributed by atoms with Gasteiger partial charge in [0.15, 0.2) is 6.10 Å². The second-order valence-corrected chi connectivity index (χ2v) is 10.0. The molecule has 1 aliphatic heterocycles. The molecule has 1 spiro atoms. The number of nitrogens with zero attached hydrogens (tertiary/aromatic N) is 1. The smallest absolute Gasteiger partial charge is 0.327 e. The Labute approximate surface area is 192 Å². The van der Waals surface area contributed by atoms with Gasteiger partial charge in [0, 0.05) is 5.69 Å². The summed E-state index contributed by atoms with van der Waals surface area (Å²) in [5.74, 6) is -1.48. The number of esters is 1. The predicted molar refractivity (Wildman–Crippen MR) is 117 cm³/mol. The van der Waals surface area contributed by atoms with Crippen LogP contribution in [0, 0.1) is 5.92 Å². The van der Waals surface area contributed by atoms with E-state index in [9.17, 15) is 27.6 Å². The number of imide groups is 1. The van der Waals surface area contributed by atoms with Crippen LogP contribution in [0.3, 0.4) is 0 Å². The molecule has 1 heterocycles. The van der Waals surface area contributed by atoms with E-state index in [1.54, 1.807) is 0 Å². The Morgan fingerprint density at radius 2 is 1.85 bits per heavy atom. The van der Waals surface area contributed by atoms with Crippen LogP contribution in [0.2, 0.25) is 0 Å². The van der Waals surface area contributed by atoms with Gasteiger partial charge in [0.05, 0.1) is 4.90 Å². The zero-order valence-corrected chi connectivity index (χ0v) is 19.3. The van der Waals surface area contributed by atoms with Gasteiger partial charge in [-0.2, -0.15) is 0 Å². The van der Waals surface area contributed by atoms with Gasteiger partial charge in [-0.05, 0) is 62.8 Å². The second-order valence-electron chi connectivity index (χ2n) is 8.45. The molecule has 3 rings (SSSR count). The van der Waals surface area contributed by atoms with Crippen LogP contribution in [0.25, 0.3) is 0 Å². The Kier molecular flexibility index (Phi) is 7.08. The molecule has 180 valence electrons. The van der Waals surface area contributed by atoms with Gasteiger partial charge in [0.1, 0.15) is 12.1 Å². The predicted octanol–water partition coefficient (Wildman–Crippen LogP) is 1.10. The zero-order chi connectivity index (χ0) is 24.4. The number of anilines is 1. The fourth-order valence-corrected chi connectivity index (χ4v) is 4.64. The van der Waals surface area contributed by atoms with Gasteiger partial charge < -0.3 is 15.4 Å². The fraction of sp³-hybridized carbons (Fsp3) is 0.524. The number of hydrogen-bond acceptors (Lipinski definition) is 7. The van der Waals surface area contributed by atoms with Crippen molar-refractivity contribution in [2.75, 3.05) is 11.9 Å². The molecule has 1 atom stereocenters. The van der Waals surface area contributed by atoms with Crippen LogP contribution in [-0.2, 0) is 29.1 Å². The molecular weight excluding hydrogens is 452 g/mol. The van der Waals surface area contributed by atoms with E-state index in [1.165, 1.54) is 31.2 Å². The quantitative estimate of drug-likeness (QED) is 0.388. The largest absolute Gasteiger partial charge is 0.451 e. The summed E-state index contributed by atoms with van der Waals surface area (Å²) in [5, 5.41) is 10.2. The van der Waals surface area contributed by atoms with E-state index < -0.39 is 52.0 Å². The fourth-order valence-electron chi connectivity index (χ4n) is 4.13. The monoisotopic (exact) mass is 480 g/mol. The lowest BCUT2D eigenvalue weighted by molar-refractivity contribution is -0.155. The number of sulfonamides is 1. The lowest BCUT2D eigenvalue weighted by Gasteiger charge is -2.34. The third kappa shape index (κ3) is 5.50. The minimum atomic E-state index is -3.86. The summed E-state index contributed by atoms with van der Waals surface area (Å²) in [6.45, 7) is 2.84. The topological polar surface area (TPSA) is 165 Å². The van der Waals surface area contributed by atoms with Crippen LogP contribution in [0.5, 0.6) is 0 Å². The van der Waals surface area contributed by atoms with E-state index in [4.69, 9.17) is 9.88 Å². The number of urea groups is 1. The normalized spacial score (nSPS) is 23.8. The van der Waals surface area contributed by atoms with Gasteiger partial charge in [-0.25, -0.2) is 18.4 Å². The first-order valence-corrected chi connectivity index (χ1v) is 12.3. The van der Waals surface area contributed by atoms with Crippen molar-refractivity contribution in [3.05, 3.63) is 24.3 Å². The van der Waals surface area contributed by atoms with Crippen LogP contribution in [0.1, 0.15) is 46.0 Å². The molecule has 0 aromatic heterocycles. The zero-order valence-electron chi connectivity index (χ0n) is 18.5. The van der Waals surface area contributed by atoms with Crippen molar-refractivity contribution in [3.8, 4) is 0 Å². The molecule has 1 saturated carbocycles. The molecule has 1 aromatic carbocycles. The van der Waals surface area contributed by atoms with E-state index in [1.807, 2.05) is 0 Å². The molecule has 1 aliphatic carbocycles. The standard InChI is InChI=1S/C21H28N4O7S/c1-3-14-8-10-21(11-9-14)19(28)25(20(29)24-21)12-17(26)32-13(2)18(27)23-15-4-6-16(7-5-15)33(22,30)31/h4-7,13-14H,3,8-12H2,1-2H3,(H,23,27)(H,24,29)(H2,22,30,31). The number of rotatable bonds is 7. The Bertz CT molecular complexity index is 1050. The van der Waals surface area contributed by atoms with Crippen molar-refractivity contribution >= 4 is 39.5 Å². The number of carbonyl (C=O) groups excluding carboxylic acids is 4. The minimum absolute atomic E-state index is 0.116. The highest BCUT2D eigenvalue weighted by atomic mass is 32.2. The summed E-state index contributed by atoms with van der Waals surface area (Å²) in [5.41, 5.74) is -0.691. The average molecular weight is 481 g/mol. The first kappa shape index (κ1) is 24.6. The average Bonchev–Trinajstić information content (AvgIpc) is 2.98. The molecule has 12 heteroatoms. The Morgan fingerprint density at radius 3 is 2.39 bits per heavy atom. The molecule has 0 radical (unpaired) electrons. The van der Waals surface area contributed by atoms with Gasteiger partial charge in [-0.15, -0.1) is 0 Å². The van der Waals surface area contributed by atoms with E-state index in [-0.39, 0.29) is 10.6 Å².